The fourth-order valence-corrected chi connectivity index (χ4v) is 7.22. The van der Waals surface area contributed by atoms with E-state index in [9.17, 15) is 26.4 Å². The second-order valence-corrected chi connectivity index (χ2v) is 15.6. The highest BCUT2D eigenvalue weighted by atomic mass is 32.2. The number of hydrogen-bond acceptors (Lipinski definition) is 7. The Hall–Kier alpha value is -5.66. The first-order valence-corrected chi connectivity index (χ1v) is 20.1. The lowest BCUT2D eigenvalue weighted by molar-refractivity contribution is 0.0686. The van der Waals surface area contributed by atoms with Gasteiger partial charge in [-0.25, -0.2) is 26.4 Å². The zero-order valence-electron chi connectivity index (χ0n) is 29.4. The Labute approximate surface area is 310 Å². The van der Waals surface area contributed by atoms with Crippen molar-refractivity contribution in [3.8, 4) is 5.75 Å². The van der Waals surface area contributed by atoms with Gasteiger partial charge in [-0.3, -0.25) is 9.44 Å². The van der Waals surface area contributed by atoms with Gasteiger partial charge in [-0.05, 0) is 121 Å². The van der Waals surface area contributed by atoms with Crippen molar-refractivity contribution >= 4 is 43.4 Å². The number of methoxy groups -OCH3 is 1. The molecule has 0 fully saturated rings. The summed E-state index contributed by atoms with van der Waals surface area (Å²) in [4.78, 5) is 22.2. The molecule has 278 valence electrons. The van der Waals surface area contributed by atoms with Gasteiger partial charge < -0.3 is 14.9 Å². The van der Waals surface area contributed by atoms with Gasteiger partial charge in [-0.1, -0.05) is 60.7 Å². The summed E-state index contributed by atoms with van der Waals surface area (Å²) < 4.78 is 58.5. The molecule has 0 saturated heterocycles. The molecule has 0 unspecified atom stereocenters. The molecule has 0 aliphatic heterocycles. The summed E-state index contributed by atoms with van der Waals surface area (Å²) in [5.41, 5.74) is 5.37. The number of carboxylic acid groups (broad SMARTS) is 2. The maximum atomic E-state index is 12.7. The van der Waals surface area contributed by atoms with Crippen LogP contribution in [0.4, 0.5) is 11.4 Å². The minimum absolute atomic E-state index is 0.156. The van der Waals surface area contributed by atoms with E-state index >= 15 is 0 Å². The Balaban J connectivity index is 0.000000245. The third kappa shape index (κ3) is 12.8. The number of carboxylic acids is 2. The predicted octanol–water partition coefficient (Wildman–Crippen LogP) is 7.30. The summed E-state index contributed by atoms with van der Waals surface area (Å²) >= 11 is 0. The second-order valence-electron chi connectivity index (χ2n) is 12.2. The van der Waals surface area contributed by atoms with Crippen molar-refractivity contribution in [1.82, 2.24) is 0 Å². The first kappa shape index (κ1) is 40.1. The minimum Gasteiger partial charge on any atom is -0.497 e. The van der Waals surface area contributed by atoms with E-state index in [4.69, 9.17) is 14.9 Å². The molecule has 0 aliphatic rings. The molecule has 0 aromatic heterocycles. The van der Waals surface area contributed by atoms with Crippen LogP contribution in [0.5, 0.6) is 5.75 Å². The van der Waals surface area contributed by atoms with Crippen molar-refractivity contribution in [3.05, 3.63) is 155 Å². The number of ether oxygens (including phenoxy) is 1. The van der Waals surface area contributed by atoms with Crippen LogP contribution in [0.1, 0.15) is 55.8 Å². The quantitative estimate of drug-likeness (QED) is 0.0804. The largest absolute Gasteiger partial charge is 0.497 e. The van der Waals surface area contributed by atoms with Gasteiger partial charge in [0.1, 0.15) is 5.75 Å². The molecule has 5 aromatic rings. The molecule has 5 aromatic carbocycles. The number of sulfonamides is 2. The number of aromatic carboxylic acids is 2. The van der Waals surface area contributed by atoms with Crippen LogP contribution in [0.25, 0.3) is 0 Å². The Morgan fingerprint density at radius 1 is 0.585 bits per heavy atom. The van der Waals surface area contributed by atoms with Gasteiger partial charge in [-0.2, -0.15) is 0 Å². The summed E-state index contributed by atoms with van der Waals surface area (Å²) in [6.45, 7) is 0. The molecule has 0 amide bonds. The van der Waals surface area contributed by atoms with Crippen LogP contribution >= 0.6 is 0 Å². The molecule has 13 heteroatoms. The predicted molar refractivity (Wildman–Crippen MR) is 206 cm³/mol. The fraction of sp³-hybridized carbons (Fsp3) is 0.200. The van der Waals surface area contributed by atoms with Crippen LogP contribution in [0, 0.1) is 0 Å². The molecule has 0 bridgehead atoms. The number of nitrogens with one attached hydrogen (secondary N) is 2. The van der Waals surface area contributed by atoms with E-state index < -0.39 is 32.0 Å². The van der Waals surface area contributed by atoms with Crippen molar-refractivity contribution in [2.75, 3.05) is 22.8 Å². The van der Waals surface area contributed by atoms with Gasteiger partial charge in [0.2, 0.25) is 10.0 Å². The fourth-order valence-electron chi connectivity index (χ4n) is 5.52. The SMILES string of the molecule is COc1ccc(S(=O)(=O)Nc2ccccc2CCCc2cccc(C(=O)O)c2)cc1.CS(=O)(=O)Nc1ccccc1CCCc1cccc(C(=O)O)c1. The van der Waals surface area contributed by atoms with Gasteiger partial charge >= 0.3 is 11.9 Å². The topological polar surface area (TPSA) is 176 Å². The summed E-state index contributed by atoms with van der Waals surface area (Å²) in [6.07, 6.45) is 5.46. The summed E-state index contributed by atoms with van der Waals surface area (Å²) in [5, 5.41) is 18.1. The van der Waals surface area contributed by atoms with Crippen LogP contribution < -0.4 is 14.2 Å². The lowest BCUT2D eigenvalue weighted by atomic mass is 10.0. The molecule has 0 atom stereocenters. The van der Waals surface area contributed by atoms with Gasteiger partial charge in [-0.15, -0.1) is 0 Å². The van der Waals surface area contributed by atoms with Crippen molar-refractivity contribution in [2.45, 2.75) is 43.4 Å². The average Bonchev–Trinajstić information content (AvgIpc) is 3.13. The summed E-state index contributed by atoms with van der Waals surface area (Å²) in [7, 11) is -5.51. The molecular weight excluding hydrogens is 717 g/mol. The van der Waals surface area contributed by atoms with Crippen LogP contribution in [0.15, 0.2) is 126 Å². The Bertz CT molecular complexity index is 2240. The van der Waals surface area contributed by atoms with Crippen LogP contribution in [-0.2, 0) is 45.7 Å². The van der Waals surface area contributed by atoms with E-state index in [1.165, 1.54) is 19.2 Å². The van der Waals surface area contributed by atoms with Crippen molar-refractivity contribution in [3.63, 3.8) is 0 Å². The third-order valence-corrected chi connectivity index (χ3v) is 10.1. The summed E-state index contributed by atoms with van der Waals surface area (Å²) in [5.74, 6) is -1.30. The van der Waals surface area contributed by atoms with E-state index in [2.05, 4.69) is 9.44 Å². The normalized spacial score (nSPS) is 11.1. The van der Waals surface area contributed by atoms with Gasteiger partial charge in [0, 0.05) is 0 Å². The molecule has 0 spiro atoms. The van der Waals surface area contributed by atoms with E-state index in [1.54, 1.807) is 72.8 Å². The summed E-state index contributed by atoms with van der Waals surface area (Å²) in [6, 6.07) is 34.5. The van der Waals surface area contributed by atoms with Gasteiger partial charge in [0.25, 0.3) is 10.0 Å². The van der Waals surface area contributed by atoms with Crippen LogP contribution in [0.2, 0.25) is 0 Å². The molecule has 0 aliphatic carbocycles. The number of benzene rings is 5. The monoisotopic (exact) mass is 758 g/mol. The standard InChI is InChI=1S/C23H23NO5S.C17H19NO4S/c1-29-20-12-14-21(15-13-20)30(27,28)24-22-11-3-2-8-18(22)9-4-6-17-7-5-10-19(16-17)23(25)26;1-23(21,22)18-16-11-3-2-8-14(16)9-4-6-13-7-5-10-15(12-13)17(19)20/h2-3,5,7-8,10-16,24H,4,6,9H2,1H3,(H,25,26);2-3,5,7-8,10-12,18H,4,6,9H2,1H3,(H,19,20). The van der Waals surface area contributed by atoms with E-state index in [0.29, 0.717) is 36.4 Å². The van der Waals surface area contributed by atoms with E-state index in [0.717, 1.165) is 47.8 Å². The highest BCUT2D eigenvalue weighted by Crippen LogP contribution is 2.24. The lowest BCUT2D eigenvalue weighted by Crippen LogP contribution is -2.14. The smallest absolute Gasteiger partial charge is 0.335 e. The van der Waals surface area contributed by atoms with Gasteiger partial charge in [0.05, 0.1) is 40.8 Å². The molecule has 11 nitrogen and oxygen atoms in total. The first-order valence-electron chi connectivity index (χ1n) is 16.7. The van der Waals surface area contributed by atoms with Crippen LogP contribution in [0.3, 0.4) is 0 Å². The Morgan fingerprint density at radius 3 is 1.47 bits per heavy atom. The van der Waals surface area contributed by atoms with Crippen LogP contribution in [-0.4, -0.2) is 52.4 Å². The van der Waals surface area contributed by atoms with Gasteiger partial charge in [0.15, 0.2) is 0 Å². The van der Waals surface area contributed by atoms with E-state index in [1.807, 2.05) is 36.4 Å². The third-order valence-electron chi connectivity index (χ3n) is 8.12. The number of aryl methyl sites for hydroxylation is 4. The highest BCUT2D eigenvalue weighted by molar-refractivity contribution is 7.92. The second kappa shape index (κ2) is 18.7. The highest BCUT2D eigenvalue weighted by Gasteiger charge is 2.16. The van der Waals surface area contributed by atoms with E-state index in [-0.39, 0.29) is 16.0 Å². The minimum atomic E-state index is -3.72. The molecular formula is C40H42N2O9S2. The number of carbonyl (C=O) groups is 2. The number of hydrogen-bond donors (Lipinski definition) is 4. The van der Waals surface area contributed by atoms with Crippen molar-refractivity contribution in [2.24, 2.45) is 0 Å². The molecule has 4 N–H and O–H groups in total. The number of para-hydroxylation sites is 2. The lowest BCUT2D eigenvalue weighted by Gasteiger charge is -2.13. The molecule has 0 saturated carbocycles. The Kier molecular flexibility index (Phi) is 14.2. The van der Waals surface area contributed by atoms with Crippen molar-refractivity contribution in [1.29, 1.82) is 0 Å². The average molecular weight is 759 g/mol. The number of anilines is 2. The molecule has 53 heavy (non-hydrogen) atoms. The maximum Gasteiger partial charge on any atom is 0.335 e. The zero-order chi connectivity index (χ0) is 38.4. The Morgan fingerprint density at radius 2 is 1.04 bits per heavy atom. The molecule has 0 radical (unpaired) electrons. The number of rotatable bonds is 16. The van der Waals surface area contributed by atoms with Crippen molar-refractivity contribution < 1.29 is 41.4 Å². The first-order chi connectivity index (χ1) is 25.2. The molecule has 5 rings (SSSR count). The zero-order valence-corrected chi connectivity index (χ0v) is 31.0. The maximum absolute atomic E-state index is 12.7. The molecule has 0 heterocycles.